The fraction of sp³-hybridized carbons (Fsp3) is 0.344. The number of aliphatic hydroxyl groups excluding tert-OH is 2. The molecule has 0 saturated heterocycles. The molecule has 0 radical (unpaired) electrons. The van der Waals surface area contributed by atoms with E-state index in [0.717, 1.165) is 28.2 Å². The van der Waals surface area contributed by atoms with E-state index in [2.05, 4.69) is 0 Å². The van der Waals surface area contributed by atoms with Gasteiger partial charge >= 0.3 is 11.9 Å². The van der Waals surface area contributed by atoms with Gasteiger partial charge in [-0.15, -0.1) is 34.8 Å². The summed E-state index contributed by atoms with van der Waals surface area (Å²) < 4.78 is 10.4. The number of benzene rings is 3. The zero-order valence-corrected chi connectivity index (χ0v) is 31.6. The van der Waals surface area contributed by atoms with Gasteiger partial charge in [0.25, 0.3) is 5.24 Å². The van der Waals surface area contributed by atoms with E-state index in [1.165, 1.54) is 0 Å². The van der Waals surface area contributed by atoms with E-state index < -0.39 is 5.24 Å². The Bertz CT molecular complexity index is 1210. The fourth-order valence-electron chi connectivity index (χ4n) is 3.00. The second kappa shape index (κ2) is 28.6. The number of rotatable bonds is 18. The molecule has 15 heteroatoms. The first-order valence-electron chi connectivity index (χ1n) is 14.0. The van der Waals surface area contributed by atoms with E-state index in [0.29, 0.717) is 59.0 Å². The highest BCUT2D eigenvalue weighted by Gasteiger charge is 2.08. The molecule has 0 aliphatic carbocycles. The number of alkyl halides is 3. The minimum atomic E-state index is -0.439. The number of halogens is 4. The Labute approximate surface area is 311 Å². The van der Waals surface area contributed by atoms with Crippen LogP contribution in [0.1, 0.15) is 47.8 Å². The molecule has 3 aromatic rings. The molecule has 0 spiro atoms. The standard InChI is InChI=1S/C20H20Cl2O4S2.C8H6Cl2O.C4H10O2S2/c21-13-15-1-5-17(6-2-15)19(23)25-9-11-27-28-12-10-26-20(24)18-7-3-16(14-22)4-8-18;9-5-6-1-3-7(4-2-6)8(10)11;5-1-3-7-8-4-2-6/h1-8H,9-14H2;1-4H,5H2;5-6H,1-4H2. The van der Waals surface area contributed by atoms with Crippen molar-refractivity contribution in [1.82, 2.24) is 0 Å². The molecule has 7 nitrogen and oxygen atoms in total. The third-order valence-electron chi connectivity index (χ3n) is 5.34. The minimum Gasteiger partial charge on any atom is -0.461 e. The number of hydrogen-bond acceptors (Lipinski definition) is 11. The third kappa shape index (κ3) is 20.8. The van der Waals surface area contributed by atoms with Gasteiger partial charge in [0.15, 0.2) is 0 Å². The first kappa shape index (κ1) is 43.8. The molecule has 0 fully saturated rings. The lowest BCUT2D eigenvalue weighted by Crippen LogP contribution is -2.08. The second-order valence-electron chi connectivity index (χ2n) is 8.77. The number of ether oxygens (including phenoxy) is 2. The number of hydrogen-bond donors (Lipinski definition) is 2. The SMILES string of the molecule is O=C(Cl)c1ccc(CCl)cc1.O=C(OCCSSCCOC(=O)c1ccc(CCl)cc1)c1ccc(CCl)cc1.OCCSSCCO. The number of esters is 2. The molecule has 0 atom stereocenters. The van der Waals surface area contributed by atoms with Crippen LogP contribution in [-0.2, 0) is 27.1 Å². The maximum atomic E-state index is 11.9. The molecule has 0 unspecified atom stereocenters. The van der Waals surface area contributed by atoms with Crippen LogP contribution in [0.4, 0.5) is 0 Å². The zero-order chi connectivity index (χ0) is 34.7. The Morgan fingerprint density at radius 3 is 1.09 bits per heavy atom. The molecular weight excluding hydrogens is 766 g/mol. The quantitative estimate of drug-likeness (QED) is 0.0424. The summed E-state index contributed by atoms with van der Waals surface area (Å²) in [7, 11) is 6.30. The predicted molar refractivity (Wildman–Crippen MR) is 203 cm³/mol. The first-order valence-corrected chi connectivity index (χ1v) is 20.9. The maximum absolute atomic E-state index is 11.9. The van der Waals surface area contributed by atoms with Gasteiger partial charge in [0, 0.05) is 46.2 Å². The van der Waals surface area contributed by atoms with E-state index in [-0.39, 0.29) is 25.2 Å². The Hall–Kier alpha value is -1.25. The van der Waals surface area contributed by atoms with Crippen molar-refractivity contribution in [3.63, 3.8) is 0 Å². The average Bonchev–Trinajstić information content (AvgIpc) is 3.11. The van der Waals surface area contributed by atoms with Crippen LogP contribution in [0.25, 0.3) is 0 Å². The normalized spacial score (nSPS) is 10.2. The third-order valence-corrected chi connectivity index (χ3v) is 11.2. The summed E-state index contributed by atoms with van der Waals surface area (Å²) in [5.74, 6) is 3.42. The van der Waals surface area contributed by atoms with Crippen molar-refractivity contribution in [3.8, 4) is 0 Å². The number of carbonyl (C=O) groups excluding carboxylic acids is 3. The number of aliphatic hydroxyl groups is 2. The molecule has 0 saturated carbocycles. The van der Waals surface area contributed by atoms with Gasteiger partial charge in [-0.25, -0.2) is 9.59 Å². The Morgan fingerprint density at radius 2 is 0.809 bits per heavy atom. The molecule has 0 aliphatic heterocycles. The molecular formula is C32H36Cl4O7S4. The molecule has 0 heterocycles. The lowest BCUT2D eigenvalue weighted by Gasteiger charge is -2.06. The van der Waals surface area contributed by atoms with Crippen LogP contribution in [0.15, 0.2) is 72.8 Å². The Balaban J connectivity index is 0.000000473. The van der Waals surface area contributed by atoms with E-state index in [4.69, 9.17) is 66.1 Å². The van der Waals surface area contributed by atoms with E-state index >= 15 is 0 Å². The molecule has 2 N–H and O–H groups in total. The van der Waals surface area contributed by atoms with E-state index in [9.17, 15) is 14.4 Å². The van der Waals surface area contributed by atoms with Gasteiger partial charge in [-0.05, 0) is 64.7 Å². The molecule has 3 aromatic carbocycles. The minimum absolute atomic E-state index is 0.225. The largest absolute Gasteiger partial charge is 0.461 e. The van der Waals surface area contributed by atoms with Crippen molar-refractivity contribution < 1.29 is 34.1 Å². The van der Waals surface area contributed by atoms with Crippen LogP contribution < -0.4 is 0 Å². The summed E-state index contributed by atoms with van der Waals surface area (Å²) in [4.78, 5) is 34.4. The predicted octanol–water partition coefficient (Wildman–Crippen LogP) is 8.72. The van der Waals surface area contributed by atoms with E-state index in [1.807, 2.05) is 24.3 Å². The van der Waals surface area contributed by atoms with Crippen molar-refractivity contribution in [2.45, 2.75) is 17.6 Å². The molecule has 258 valence electrons. The van der Waals surface area contributed by atoms with Crippen LogP contribution in [0.2, 0.25) is 0 Å². The highest BCUT2D eigenvalue weighted by Crippen LogP contribution is 2.21. The summed E-state index contributed by atoms with van der Waals surface area (Å²) in [6.07, 6.45) is 0. The summed E-state index contributed by atoms with van der Waals surface area (Å²) in [6.45, 7) is 1.09. The van der Waals surface area contributed by atoms with Crippen molar-refractivity contribution in [1.29, 1.82) is 0 Å². The van der Waals surface area contributed by atoms with Gasteiger partial charge in [0.2, 0.25) is 0 Å². The fourth-order valence-corrected chi connectivity index (χ4v) is 6.85. The van der Waals surface area contributed by atoms with Gasteiger partial charge in [-0.2, -0.15) is 0 Å². The van der Waals surface area contributed by atoms with E-state index in [1.54, 1.807) is 91.7 Å². The lowest BCUT2D eigenvalue weighted by molar-refractivity contribution is 0.0520. The molecule has 0 aliphatic rings. The summed E-state index contributed by atoms with van der Waals surface area (Å²) >= 11 is 22.2. The zero-order valence-electron chi connectivity index (χ0n) is 25.3. The van der Waals surface area contributed by atoms with Gasteiger partial charge in [0.1, 0.15) is 13.2 Å². The topological polar surface area (TPSA) is 110 Å². The highest BCUT2D eigenvalue weighted by molar-refractivity contribution is 8.77. The summed E-state index contributed by atoms with van der Waals surface area (Å²) in [5.41, 5.74) is 4.42. The van der Waals surface area contributed by atoms with Crippen LogP contribution >= 0.6 is 89.6 Å². The Kier molecular flexibility index (Phi) is 26.6. The summed E-state index contributed by atoms with van der Waals surface area (Å²) in [6, 6.07) is 20.9. The second-order valence-corrected chi connectivity index (χ2v) is 15.3. The van der Waals surface area contributed by atoms with Crippen LogP contribution in [0.3, 0.4) is 0 Å². The molecule has 0 aromatic heterocycles. The smallest absolute Gasteiger partial charge is 0.338 e. The Morgan fingerprint density at radius 1 is 0.511 bits per heavy atom. The van der Waals surface area contributed by atoms with Crippen molar-refractivity contribution in [3.05, 3.63) is 106 Å². The van der Waals surface area contributed by atoms with Gasteiger partial charge in [0.05, 0.1) is 24.3 Å². The number of carbonyl (C=O) groups is 3. The van der Waals surface area contributed by atoms with Crippen molar-refractivity contribution >= 4 is 107 Å². The molecule has 47 heavy (non-hydrogen) atoms. The molecule has 0 amide bonds. The van der Waals surface area contributed by atoms with Crippen LogP contribution in [0, 0.1) is 0 Å². The van der Waals surface area contributed by atoms with Gasteiger partial charge in [-0.3, -0.25) is 4.79 Å². The molecule has 0 bridgehead atoms. The van der Waals surface area contributed by atoms with Gasteiger partial charge in [-0.1, -0.05) is 79.6 Å². The molecule has 3 rings (SSSR count). The summed E-state index contributed by atoms with van der Waals surface area (Å²) in [5, 5.41) is 16.1. The van der Waals surface area contributed by atoms with Crippen molar-refractivity contribution in [2.24, 2.45) is 0 Å². The van der Waals surface area contributed by atoms with Crippen molar-refractivity contribution in [2.75, 3.05) is 49.4 Å². The lowest BCUT2D eigenvalue weighted by atomic mass is 10.1. The first-order chi connectivity index (χ1) is 22.8. The average molecular weight is 803 g/mol. The van der Waals surface area contributed by atoms with Gasteiger partial charge < -0.3 is 19.7 Å². The maximum Gasteiger partial charge on any atom is 0.338 e. The van der Waals surface area contributed by atoms with Crippen LogP contribution in [0.5, 0.6) is 0 Å². The highest BCUT2D eigenvalue weighted by atomic mass is 35.5. The monoisotopic (exact) mass is 800 g/mol. The van der Waals surface area contributed by atoms with Crippen LogP contribution in [-0.4, -0.2) is 76.8 Å².